The molecule has 1 aliphatic rings. The van der Waals surface area contributed by atoms with Crippen molar-refractivity contribution in [3.8, 4) is 0 Å². The molecule has 1 rings (SSSR count). The van der Waals surface area contributed by atoms with Gasteiger partial charge in [-0.1, -0.05) is 31.2 Å². The largest absolute Gasteiger partial charge is 0.462 e. The lowest BCUT2D eigenvalue weighted by atomic mass is 10.1. The zero-order valence-electron chi connectivity index (χ0n) is 8.74. The van der Waals surface area contributed by atoms with Gasteiger partial charge in [0.1, 0.15) is 6.10 Å². The van der Waals surface area contributed by atoms with Crippen molar-refractivity contribution >= 4 is 5.97 Å². The van der Waals surface area contributed by atoms with Gasteiger partial charge in [-0.05, 0) is 19.3 Å². The SMILES string of the molecule is CC/C=C\C/C=C\C[C@@H]1CCC(=O)O1. The minimum Gasteiger partial charge on any atom is -0.462 e. The lowest BCUT2D eigenvalue weighted by Gasteiger charge is -2.03. The Kier molecular flexibility index (Phi) is 5.05. The van der Waals surface area contributed by atoms with Crippen molar-refractivity contribution in [1.29, 1.82) is 0 Å². The van der Waals surface area contributed by atoms with Crippen molar-refractivity contribution in [3.05, 3.63) is 24.3 Å². The zero-order valence-corrected chi connectivity index (χ0v) is 8.74. The maximum absolute atomic E-state index is 10.8. The van der Waals surface area contributed by atoms with Crippen LogP contribution in [0, 0.1) is 0 Å². The Balaban J connectivity index is 2.08. The van der Waals surface area contributed by atoms with E-state index < -0.39 is 0 Å². The minimum absolute atomic E-state index is 0.0470. The monoisotopic (exact) mass is 194 g/mol. The molecule has 2 nitrogen and oxygen atoms in total. The molecule has 2 heteroatoms. The molecule has 0 N–H and O–H groups in total. The molecule has 0 aliphatic carbocycles. The fourth-order valence-electron chi connectivity index (χ4n) is 1.43. The Bertz CT molecular complexity index is 228. The van der Waals surface area contributed by atoms with Gasteiger partial charge < -0.3 is 4.74 Å². The molecule has 1 heterocycles. The van der Waals surface area contributed by atoms with Crippen molar-refractivity contribution < 1.29 is 9.53 Å². The van der Waals surface area contributed by atoms with Gasteiger partial charge in [0.2, 0.25) is 0 Å². The lowest BCUT2D eigenvalue weighted by Crippen LogP contribution is -2.04. The highest BCUT2D eigenvalue weighted by molar-refractivity contribution is 5.71. The predicted octanol–water partition coefficient (Wildman–Crippen LogP) is 2.99. The quantitative estimate of drug-likeness (QED) is 0.496. The van der Waals surface area contributed by atoms with Crippen molar-refractivity contribution in [1.82, 2.24) is 0 Å². The number of hydrogen-bond donors (Lipinski definition) is 0. The molecule has 1 atom stereocenters. The number of rotatable bonds is 5. The molecule has 78 valence electrons. The lowest BCUT2D eigenvalue weighted by molar-refractivity contribution is -0.141. The molecule has 0 saturated carbocycles. The summed E-state index contributed by atoms with van der Waals surface area (Å²) in [4.78, 5) is 10.8. The fourth-order valence-corrected chi connectivity index (χ4v) is 1.43. The molecule has 0 aromatic rings. The van der Waals surface area contributed by atoms with E-state index in [4.69, 9.17) is 4.74 Å². The standard InChI is InChI=1S/C12H18O2/c1-2-3-4-5-6-7-8-11-9-10-12(13)14-11/h3-4,6-7,11H,2,5,8-10H2,1H3/b4-3-,7-6-/t11-/m1/s1. The molecule has 1 fully saturated rings. The molecule has 1 aliphatic heterocycles. The Morgan fingerprint density at radius 3 is 2.79 bits per heavy atom. The maximum Gasteiger partial charge on any atom is 0.306 e. The first-order valence-corrected chi connectivity index (χ1v) is 5.32. The van der Waals surface area contributed by atoms with Crippen LogP contribution in [0.1, 0.15) is 39.0 Å². The van der Waals surface area contributed by atoms with E-state index in [0.717, 1.165) is 25.7 Å². The minimum atomic E-state index is -0.0470. The Morgan fingerprint density at radius 2 is 2.14 bits per heavy atom. The molecular weight excluding hydrogens is 176 g/mol. The fraction of sp³-hybridized carbons (Fsp3) is 0.583. The first-order chi connectivity index (χ1) is 6.83. The summed E-state index contributed by atoms with van der Waals surface area (Å²) in [7, 11) is 0. The van der Waals surface area contributed by atoms with E-state index in [9.17, 15) is 4.79 Å². The van der Waals surface area contributed by atoms with E-state index in [1.807, 2.05) is 0 Å². The van der Waals surface area contributed by atoms with Crippen LogP contribution < -0.4 is 0 Å². The van der Waals surface area contributed by atoms with Crippen molar-refractivity contribution in [3.63, 3.8) is 0 Å². The highest BCUT2D eigenvalue weighted by Gasteiger charge is 2.21. The van der Waals surface area contributed by atoms with Gasteiger partial charge in [0.25, 0.3) is 0 Å². The van der Waals surface area contributed by atoms with Crippen LogP contribution >= 0.6 is 0 Å². The van der Waals surface area contributed by atoms with Crippen molar-refractivity contribution in [2.24, 2.45) is 0 Å². The van der Waals surface area contributed by atoms with Gasteiger partial charge in [-0.3, -0.25) is 4.79 Å². The van der Waals surface area contributed by atoms with Crippen LogP contribution in [0.3, 0.4) is 0 Å². The molecule has 0 aromatic heterocycles. The third kappa shape index (κ3) is 4.26. The third-order valence-corrected chi connectivity index (χ3v) is 2.21. The number of ether oxygens (including phenoxy) is 1. The second-order valence-electron chi connectivity index (χ2n) is 3.47. The summed E-state index contributed by atoms with van der Waals surface area (Å²) in [6.45, 7) is 2.12. The van der Waals surface area contributed by atoms with Gasteiger partial charge in [0, 0.05) is 12.8 Å². The average molecular weight is 194 g/mol. The van der Waals surface area contributed by atoms with E-state index >= 15 is 0 Å². The summed E-state index contributed by atoms with van der Waals surface area (Å²) in [5, 5.41) is 0. The van der Waals surface area contributed by atoms with Crippen LogP contribution in [0.15, 0.2) is 24.3 Å². The predicted molar refractivity (Wildman–Crippen MR) is 56.9 cm³/mol. The van der Waals surface area contributed by atoms with E-state index in [1.165, 1.54) is 0 Å². The van der Waals surface area contributed by atoms with Gasteiger partial charge in [-0.2, -0.15) is 0 Å². The number of hydrogen-bond acceptors (Lipinski definition) is 2. The van der Waals surface area contributed by atoms with Gasteiger partial charge in [-0.15, -0.1) is 0 Å². The molecule has 0 spiro atoms. The van der Waals surface area contributed by atoms with E-state index in [2.05, 4.69) is 31.2 Å². The molecule has 0 radical (unpaired) electrons. The molecule has 14 heavy (non-hydrogen) atoms. The highest BCUT2D eigenvalue weighted by Crippen LogP contribution is 2.16. The van der Waals surface area contributed by atoms with Gasteiger partial charge in [-0.25, -0.2) is 0 Å². The number of allylic oxidation sites excluding steroid dienone is 3. The highest BCUT2D eigenvalue weighted by atomic mass is 16.5. The molecule has 1 saturated heterocycles. The van der Waals surface area contributed by atoms with Gasteiger partial charge in [0.05, 0.1) is 0 Å². The number of carbonyl (C=O) groups is 1. The zero-order chi connectivity index (χ0) is 10.2. The molecule has 0 aromatic carbocycles. The molecular formula is C12H18O2. The maximum atomic E-state index is 10.8. The van der Waals surface area contributed by atoms with Crippen molar-refractivity contribution in [2.75, 3.05) is 0 Å². The van der Waals surface area contributed by atoms with Crippen LogP contribution in [-0.4, -0.2) is 12.1 Å². The summed E-state index contributed by atoms with van der Waals surface area (Å²) in [6, 6.07) is 0. The first kappa shape index (κ1) is 11.0. The number of esters is 1. The van der Waals surface area contributed by atoms with Crippen LogP contribution in [-0.2, 0) is 9.53 Å². The molecule has 0 amide bonds. The number of carbonyl (C=O) groups excluding carboxylic acids is 1. The van der Waals surface area contributed by atoms with Crippen LogP contribution in [0.25, 0.3) is 0 Å². The van der Waals surface area contributed by atoms with Gasteiger partial charge >= 0.3 is 5.97 Å². The summed E-state index contributed by atoms with van der Waals surface area (Å²) < 4.78 is 5.08. The average Bonchev–Trinajstić information content (AvgIpc) is 2.58. The first-order valence-electron chi connectivity index (χ1n) is 5.32. The van der Waals surface area contributed by atoms with Crippen LogP contribution in [0.5, 0.6) is 0 Å². The third-order valence-electron chi connectivity index (χ3n) is 2.21. The number of cyclic esters (lactones) is 1. The molecule has 0 unspecified atom stereocenters. The van der Waals surface area contributed by atoms with E-state index in [-0.39, 0.29) is 12.1 Å². The molecule has 0 bridgehead atoms. The Hall–Kier alpha value is -1.05. The summed E-state index contributed by atoms with van der Waals surface area (Å²) in [6.07, 6.45) is 13.1. The second kappa shape index (κ2) is 6.41. The van der Waals surface area contributed by atoms with Crippen LogP contribution in [0.2, 0.25) is 0 Å². The van der Waals surface area contributed by atoms with Crippen molar-refractivity contribution in [2.45, 2.75) is 45.1 Å². The summed E-state index contributed by atoms with van der Waals surface area (Å²) in [5.74, 6) is -0.0470. The normalized spacial score (nSPS) is 22.4. The van der Waals surface area contributed by atoms with E-state index in [0.29, 0.717) is 6.42 Å². The smallest absolute Gasteiger partial charge is 0.306 e. The summed E-state index contributed by atoms with van der Waals surface area (Å²) >= 11 is 0. The second-order valence-corrected chi connectivity index (χ2v) is 3.47. The summed E-state index contributed by atoms with van der Waals surface area (Å²) in [5.41, 5.74) is 0. The van der Waals surface area contributed by atoms with Crippen LogP contribution in [0.4, 0.5) is 0 Å². The Morgan fingerprint density at radius 1 is 1.36 bits per heavy atom. The topological polar surface area (TPSA) is 26.3 Å². The van der Waals surface area contributed by atoms with E-state index in [1.54, 1.807) is 0 Å². The Labute approximate surface area is 85.6 Å². The van der Waals surface area contributed by atoms with Gasteiger partial charge in [0.15, 0.2) is 0 Å².